The summed E-state index contributed by atoms with van der Waals surface area (Å²) in [5.41, 5.74) is 0. The zero-order valence-electron chi connectivity index (χ0n) is 8.21. The normalized spacial score (nSPS) is 31.8. The van der Waals surface area contributed by atoms with E-state index in [2.05, 4.69) is 11.0 Å². The summed E-state index contributed by atoms with van der Waals surface area (Å²) in [7, 11) is 0. The van der Waals surface area contributed by atoms with Crippen molar-refractivity contribution in [3.8, 4) is 6.07 Å². The van der Waals surface area contributed by atoms with Crippen LogP contribution in [0.2, 0.25) is 0 Å². The van der Waals surface area contributed by atoms with Crippen molar-refractivity contribution in [1.82, 2.24) is 4.90 Å². The van der Waals surface area contributed by atoms with Gasteiger partial charge in [0.15, 0.2) is 0 Å². The first-order valence-electron chi connectivity index (χ1n) is 5.57. The van der Waals surface area contributed by atoms with Gasteiger partial charge in [0, 0.05) is 6.04 Å². The SMILES string of the molecule is N#CC1CCCN1C1CCCCC1. The Labute approximate surface area is 80.5 Å². The van der Waals surface area contributed by atoms with Gasteiger partial charge in [0.25, 0.3) is 0 Å². The van der Waals surface area contributed by atoms with Gasteiger partial charge in [0.05, 0.1) is 12.1 Å². The smallest absolute Gasteiger partial charge is 0.0980 e. The van der Waals surface area contributed by atoms with Gasteiger partial charge in [-0.1, -0.05) is 19.3 Å². The van der Waals surface area contributed by atoms with Crippen LogP contribution in [0.5, 0.6) is 0 Å². The third-order valence-electron chi connectivity index (χ3n) is 3.49. The molecule has 2 rings (SSSR count). The average molecular weight is 178 g/mol. The summed E-state index contributed by atoms with van der Waals surface area (Å²) >= 11 is 0. The minimum absolute atomic E-state index is 0.239. The number of likely N-dealkylation sites (tertiary alicyclic amines) is 1. The molecule has 2 fully saturated rings. The molecule has 1 saturated heterocycles. The molecule has 0 aromatic heterocycles. The van der Waals surface area contributed by atoms with Crippen LogP contribution in [-0.4, -0.2) is 23.5 Å². The van der Waals surface area contributed by atoms with Crippen LogP contribution in [0.1, 0.15) is 44.9 Å². The van der Waals surface area contributed by atoms with Gasteiger partial charge < -0.3 is 0 Å². The van der Waals surface area contributed by atoms with E-state index in [1.54, 1.807) is 0 Å². The second-order valence-electron chi connectivity index (χ2n) is 4.32. The first-order valence-corrected chi connectivity index (χ1v) is 5.57. The zero-order chi connectivity index (χ0) is 9.10. The van der Waals surface area contributed by atoms with Gasteiger partial charge in [-0.05, 0) is 32.2 Å². The standard InChI is InChI=1S/C11H18N2/c12-9-11-7-4-8-13(11)10-5-2-1-3-6-10/h10-11H,1-8H2. The maximum absolute atomic E-state index is 8.98. The second-order valence-corrected chi connectivity index (χ2v) is 4.32. The topological polar surface area (TPSA) is 27.0 Å². The summed E-state index contributed by atoms with van der Waals surface area (Å²) in [5, 5.41) is 8.98. The monoisotopic (exact) mass is 178 g/mol. The highest BCUT2D eigenvalue weighted by atomic mass is 15.2. The molecule has 2 nitrogen and oxygen atoms in total. The molecule has 2 aliphatic rings. The molecule has 1 atom stereocenters. The molecule has 13 heavy (non-hydrogen) atoms. The lowest BCUT2D eigenvalue weighted by molar-refractivity contribution is 0.165. The third-order valence-corrected chi connectivity index (χ3v) is 3.49. The molecule has 1 unspecified atom stereocenters. The van der Waals surface area contributed by atoms with Crippen LogP contribution in [0.3, 0.4) is 0 Å². The van der Waals surface area contributed by atoms with Gasteiger partial charge in [-0.2, -0.15) is 5.26 Å². The minimum atomic E-state index is 0.239. The van der Waals surface area contributed by atoms with Crippen LogP contribution in [0.25, 0.3) is 0 Å². The first kappa shape index (κ1) is 9.02. The number of hydrogen-bond acceptors (Lipinski definition) is 2. The summed E-state index contributed by atoms with van der Waals surface area (Å²) in [6, 6.07) is 3.41. The molecule has 1 heterocycles. The van der Waals surface area contributed by atoms with Crippen molar-refractivity contribution < 1.29 is 0 Å². The molecule has 1 saturated carbocycles. The fraction of sp³-hybridized carbons (Fsp3) is 0.909. The Morgan fingerprint density at radius 1 is 1.00 bits per heavy atom. The van der Waals surface area contributed by atoms with Gasteiger partial charge in [-0.25, -0.2) is 0 Å². The van der Waals surface area contributed by atoms with Crippen LogP contribution in [0.4, 0.5) is 0 Å². The number of hydrogen-bond donors (Lipinski definition) is 0. The van der Waals surface area contributed by atoms with Crippen LogP contribution in [0.15, 0.2) is 0 Å². The fourth-order valence-electron chi connectivity index (χ4n) is 2.78. The summed E-state index contributed by atoms with van der Waals surface area (Å²) < 4.78 is 0. The summed E-state index contributed by atoms with van der Waals surface area (Å²) in [6.45, 7) is 1.17. The maximum atomic E-state index is 8.98. The largest absolute Gasteiger partial charge is 0.285 e. The molecule has 0 spiro atoms. The summed E-state index contributed by atoms with van der Waals surface area (Å²) in [6.07, 6.45) is 9.15. The minimum Gasteiger partial charge on any atom is -0.285 e. The molecule has 0 radical (unpaired) electrons. The Balaban J connectivity index is 1.94. The summed E-state index contributed by atoms with van der Waals surface area (Å²) in [5.74, 6) is 0. The first-order chi connectivity index (χ1) is 6.42. The van der Waals surface area contributed by atoms with Gasteiger partial charge in [-0.15, -0.1) is 0 Å². The average Bonchev–Trinajstić information content (AvgIpc) is 2.67. The molecular formula is C11H18N2. The lowest BCUT2D eigenvalue weighted by atomic mass is 9.94. The Bertz CT molecular complexity index is 201. The highest BCUT2D eigenvalue weighted by molar-refractivity contribution is 4.98. The van der Waals surface area contributed by atoms with E-state index in [0.29, 0.717) is 0 Å². The fourth-order valence-corrected chi connectivity index (χ4v) is 2.78. The van der Waals surface area contributed by atoms with Crippen LogP contribution >= 0.6 is 0 Å². The van der Waals surface area contributed by atoms with E-state index in [-0.39, 0.29) is 6.04 Å². The second kappa shape index (κ2) is 4.11. The molecule has 2 heteroatoms. The molecule has 1 aliphatic heterocycles. The van der Waals surface area contributed by atoms with Crippen molar-refractivity contribution in [2.75, 3.05) is 6.54 Å². The summed E-state index contributed by atoms with van der Waals surface area (Å²) in [4.78, 5) is 2.46. The van der Waals surface area contributed by atoms with E-state index in [4.69, 9.17) is 5.26 Å². The van der Waals surface area contributed by atoms with E-state index in [1.807, 2.05) is 0 Å². The van der Waals surface area contributed by atoms with Crippen LogP contribution < -0.4 is 0 Å². The molecule has 72 valence electrons. The van der Waals surface area contributed by atoms with Gasteiger partial charge in [-0.3, -0.25) is 4.90 Å². The van der Waals surface area contributed by atoms with Crippen molar-refractivity contribution in [3.63, 3.8) is 0 Å². The Kier molecular flexibility index (Phi) is 2.85. The molecule has 0 N–H and O–H groups in total. The Hall–Kier alpha value is -0.550. The Morgan fingerprint density at radius 3 is 2.46 bits per heavy atom. The van der Waals surface area contributed by atoms with E-state index < -0.39 is 0 Å². The quantitative estimate of drug-likeness (QED) is 0.616. The van der Waals surface area contributed by atoms with E-state index in [1.165, 1.54) is 45.1 Å². The van der Waals surface area contributed by atoms with Gasteiger partial charge in [0.2, 0.25) is 0 Å². The van der Waals surface area contributed by atoms with Crippen LogP contribution in [-0.2, 0) is 0 Å². The van der Waals surface area contributed by atoms with Gasteiger partial charge >= 0.3 is 0 Å². The molecule has 0 amide bonds. The van der Waals surface area contributed by atoms with Crippen molar-refractivity contribution in [3.05, 3.63) is 0 Å². The highest BCUT2D eigenvalue weighted by Gasteiger charge is 2.30. The predicted octanol–water partition coefficient (Wildman–Crippen LogP) is 2.31. The molecule has 0 aromatic carbocycles. The maximum Gasteiger partial charge on any atom is 0.0980 e. The molecule has 0 bridgehead atoms. The molecule has 1 aliphatic carbocycles. The number of nitriles is 1. The molecule has 0 aromatic rings. The highest BCUT2D eigenvalue weighted by Crippen LogP contribution is 2.28. The molecular weight excluding hydrogens is 160 g/mol. The van der Waals surface area contributed by atoms with E-state index in [9.17, 15) is 0 Å². The van der Waals surface area contributed by atoms with Crippen molar-refractivity contribution in [1.29, 1.82) is 5.26 Å². The Morgan fingerprint density at radius 2 is 1.77 bits per heavy atom. The van der Waals surface area contributed by atoms with Gasteiger partial charge in [0.1, 0.15) is 0 Å². The predicted molar refractivity (Wildman–Crippen MR) is 52.2 cm³/mol. The number of rotatable bonds is 1. The third kappa shape index (κ3) is 1.86. The van der Waals surface area contributed by atoms with Crippen molar-refractivity contribution in [2.45, 2.75) is 57.0 Å². The van der Waals surface area contributed by atoms with E-state index in [0.717, 1.165) is 12.5 Å². The van der Waals surface area contributed by atoms with Crippen molar-refractivity contribution >= 4 is 0 Å². The lowest BCUT2D eigenvalue weighted by Gasteiger charge is -2.32. The lowest BCUT2D eigenvalue weighted by Crippen LogP contribution is -2.39. The number of nitrogens with zero attached hydrogens (tertiary/aromatic N) is 2. The zero-order valence-corrected chi connectivity index (χ0v) is 8.21. The van der Waals surface area contributed by atoms with Crippen LogP contribution in [0, 0.1) is 11.3 Å². The van der Waals surface area contributed by atoms with E-state index >= 15 is 0 Å². The van der Waals surface area contributed by atoms with Crippen molar-refractivity contribution in [2.24, 2.45) is 0 Å².